The van der Waals surface area contributed by atoms with Crippen molar-refractivity contribution in [2.45, 2.75) is 6.54 Å². The first-order valence-electron chi connectivity index (χ1n) is 7.04. The fourth-order valence-electron chi connectivity index (χ4n) is 2.37. The van der Waals surface area contributed by atoms with Crippen molar-refractivity contribution in [1.82, 2.24) is 0 Å². The van der Waals surface area contributed by atoms with Crippen molar-refractivity contribution in [3.8, 4) is 11.5 Å². The second-order valence-corrected chi connectivity index (χ2v) is 5.13. The van der Waals surface area contributed by atoms with Crippen LogP contribution in [0.15, 0.2) is 24.3 Å². The number of benzene rings is 2. The molecular weight excluding hydrogens is 341 g/mol. The average molecular weight is 356 g/mol. The van der Waals surface area contributed by atoms with Crippen LogP contribution in [0.2, 0.25) is 0 Å². The fraction of sp³-hybridized carbons (Fsp3) is 0.250. The van der Waals surface area contributed by atoms with E-state index in [2.05, 4.69) is 0 Å². The third kappa shape index (κ3) is 3.59. The van der Waals surface area contributed by atoms with Gasteiger partial charge in [-0.15, -0.1) is 0 Å². The lowest BCUT2D eigenvalue weighted by molar-refractivity contribution is -0.387. The van der Waals surface area contributed by atoms with Crippen LogP contribution in [-0.2, 0) is 6.54 Å². The highest BCUT2D eigenvalue weighted by molar-refractivity contribution is 5.64. The summed E-state index contributed by atoms with van der Waals surface area (Å²) in [6, 6.07) is 4.04. The molecule has 0 radical (unpaired) electrons. The van der Waals surface area contributed by atoms with Gasteiger partial charge in [-0.2, -0.15) is 4.39 Å². The van der Waals surface area contributed by atoms with E-state index in [0.717, 1.165) is 18.2 Å². The molecule has 2 rings (SSSR count). The van der Waals surface area contributed by atoms with Crippen molar-refractivity contribution in [3.63, 3.8) is 0 Å². The molecule has 0 bridgehead atoms. The molecule has 0 unspecified atom stereocenters. The number of anilines is 1. The Morgan fingerprint density at radius 2 is 1.72 bits per heavy atom. The molecule has 0 amide bonds. The highest BCUT2D eigenvalue weighted by Gasteiger charge is 2.23. The summed E-state index contributed by atoms with van der Waals surface area (Å²) in [6.07, 6.45) is 0. The molecule has 6 nitrogen and oxygen atoms in total. The Hall–Kier alpha value is -2.97. The van der Waals surface area contributed by atoms with Gasteiger partial charge in [0.05, 0.1) is 30.4 Å². The molecule has 2 aromatic carbocycles. The van der Waals surface area contributed by atoms with Gasteiger partial charge in [0, 0.05) is 25.7 Å². The summed E-state index contributed by atoms with van der Waals surface area (Å²) in [7, 11) is 4.05. The molecule has 0 aromatic heterocycles. The quantitative estimate of drug-likeness (QED) is 0.584. The molecule has 0 saturated heterocycles. The molecule has 9 heteroatoms. The van der Waals surface area contributed by atoms with Crippen molar-refractivity contribution >= 4 is 11.4 Å². The maximum atomic E-state index is 14.1. The van der Waals surface area contributed by atoms with Crippen LogP contribution in [0.4, 0.5) is 24.5 Å². The molecule has 0 heterocycles. The standard InChI is InChI=1S/C16H15F3N2O4/c1-20(8-9-14(24-2)5-4-10(17)16(9)19)13-7-12(21(22)23)11(18)6-15(13)25-3/h4-7H,8H2,1-3H3. The molecule has 0 N–H and O–H groups in total. The van der Waals surface area contributed by atoms with Crippen LogP contribution in [-0.4, -0.2) is 26.2 Å². The number of hydrogen-bond donors (Lipinski definition) is 0. The van der Waals surface area contributed by atoms with E-state index in [-0.39, 0.29) is 29.3 Å². The molecule has 2 aromatic rings. The first-order chi connectivity index (χ1) is 11.8. The van der Waals surface area contributed by atoms with Crippen LogP contribution >= 0.6 is 0 Å². The Morgan fingerprint density at radius 1 is 1.08 bits per heavy atom. The first-order valence-corrected chi connectivity index (χ1v) is 7.04. The van der Waals surface area contributed by atoms with E-state index in [1.54, 1.807) is 0 Å². The maximum absolute atomic E-state index is 14.1. The summed E-state index contributed by atoms with van der Waals surface area (Å²) in [5.41, 5.74) is -0.699. The van der Waals surface area contributed by atoms with E-state index in [4.69, 9.17) is 9.47 Å². The van der Waals surface area contributed by atoms with Crippen LogP contribution in [0.3, 0.4) is 0 Å². The van der Waals surface area contributed by atoms with E-state index < -0.39 is 28.1 Å². The van der Waals surface area contributed by atoms with Gasteiger partial charge in [-0.25, -0.2) is 8.78 Å². The third-order valence-electron chi connectivity index (χ3n) is 3.62. The number of ether oxygens (including phenoxy) is 2. The van der Waals surface area contributed by atoms with Crippen LogP contribution in [0.5, 0.6) is 11.5 Å². The van der Waals surface area contributed by atoms with Crippen LogP contribution in [0.1, 0.15) is 5.56 Å². The Kier molecular flexibility index (Phi) is 5.35. The molecule has 0 aliphatic rings. The summed E-state index contributed by atoms with van der Waals surface area (Å²) in [4.78, 5) is 11.4. The normalized spacial score (nSPS) is 10.5. The predicted molar refractivity (Wildman–Crippen MR) is 84.6 cm³/mol. The molecular formula is C16H15F3N2O4. The smallest absolute Gasteiger partial charge is 0.307 e. The summed E-state index contributed by atoms with van der Waals surface area (Å²) >= 11 is 0. The van der Waals surface area contributed by atoms with Gasteiger partial charge in [0.25, 0.3) is 0 Å². The lowest BCUT2D eigenvalue weighted by Crippen LogP contribution is -2.19. The van der Waals surface area contributed by atoms with E-state index in [9.17, 15) is 23.3 Å². The van der Waals surface area contributed by atoms with E-state index in [1.807, 2.05) is 0 Å². The zero-order valence-corrected chi connectivity index (χ0v) is 13.7. The van der Waals surface area contributed by atoms with Gasteiger partial charge in [-0.3, -0.25) is 10.1 Å². The third-order valence-corrected chi connectivity index (χ3v) is 3.62. The van der Waals surface area contributed by atoms with Crippen LogP contribution < -0.4 is 14.4 Å². The highest BCUT2D eigenvalue weighted by atomic mass is 19.2. The number of methoxy groups -OCH3 is 2. The largest absolute Gasteiger partial charge is 0.496 e. The molecule has 0 aliphatic heterocycles. The number of nitrogens with zero attached hydrogens (tertiary/aromatic N) is 2. The van der Waals surface area contributed by atoms with Crippen molar-refractivity contribution in [2.75, 3.05) is 26.2 Å². The van der Waals surface area contributed by atoms with Gasteiger partial charge < -0.3 is 14.4 Å². The molecule has 0 fully saturated rings. The van der Waals surface area contributed by atoms with Crippen molar-refractivity contribution < 1.29 is 27.6 Å². The molecule has 0 atom stereocenters. The second-order valence-electron chi connectivity index (χ2n) is 5.13. The fourth-order valence-corrected chi connectivity index (χ4v) is 2.37. The SMILES string of the molecule is COc1cc(F)c([N+](=O)[O-])cc1N(C)Cc1c(OC)ccc(F)c1F. The Labute approximate surface area is 141 Å². The second kappa shape index (κ2) is 7.29. The highest BCUT2D eigenvalue weighted by Crippen LogP contribution is 2.36. The molecule has 0 aliphatic carbocycles. The predicted octanol–water partition coefficient (Wildman–Crippen LogP) is 3.67. The van der Waals surface area contributed by atoms with Gasteiger partial charge >= 0.3 is 5.69 Å². The summed E-state index contributed by atoms with van der Waals surface area (Å²) in [5, 5.41) is 10.9. The topological polar surface area (TPSA) is 64.8 Å². The zero-order chi connectivity index (χ0) is 18.7. The lowest BCUT2D eigenvalue weighted by atomic mass is 10.1. The summed E-state index contributed by atoms with van der Waals surface area (Å²) < 4.78 is 51.4. The minimum atomic E-state index is -1.10. The number of rotatable bonds is 6. The minimum Gasteiger partial charge on any atom is -0.496 e. The van der Waals surface area contributed by atoms with Crippen molar-refractivity contribution in [1.29, 1.82) is 0 Å². The number of halogens is 3. The zero-order valence-electron chi connectivity index (χ0n) is 13.7. The van der Waals surface area contributed by atoms with Crippen molar-refractivity contribution in [3.05, 3.63) is 57.4 Å². The maximum Gasteiger partial charge on any atom is 0.307 e. The van der Waals surface area contributed by atoms with Crippen LogP contribution in [0.25, 0.3) is 0 Å². The van der Waals surface area contributed by atoms with Gasteiger partial charge in [-0.05, 0) is 12.1 Å². The molecule has 134 valence electrons. The summed E-state index contributed by atoms with van der Waals surface area (Å²) in [6.45, 7) is -0.189. The Balaban J connectivity index is 2.49. The number of nitro groups is 1. The van der Waals surface area contributed by atoms with Gasteiger partial charge in [-0.1, -0.05) is 0 Å². The van der Waals surface area contributed by atoms with E-state index in [1.165, 1.54) is 32.2 Å². The van der Waals surface area contributed by atoms with Gasteiger partial charge in [0.2, 0.25) is 5.82 Å². The Morgan fingerprint density at radius 3 is 2.28 bits per heavy atom. The monoisotopic (exact) mass is 356 g/mol. The average Bonchev–Trinajstić information content (AvgIpc) is 2.58. The van der Waals surface area contributed by atoms with E-state index in [0.29, 0.717) is 0 Å². The molecule has 25 heavy (non-hydrogen) atoms. The number of hydrogen-bond acceptors (Lipinski definition) is 5. The lowest BCUT2D eigenvalue weighted by Gasteiger charge is -2.23. The summed E-state index contributed by atoms with van der Waals surface area (Å²) in [5.74, 6) is -3.08. The van der Waals surface area contributed by atoms with Crippen LogP contribution in [0, 0.1) is 27.6 Å². The first kappa shape index (κ1) is 18.4. The minimum absolute atomic E-state index is 0.0152. The van der Waals surface area contributed by atoms with Gasteiger partial charge in [0.15, 0.2) is 11.6 Å². The molecule has 0 spiro atoms. The van der Waals surface area contributed by atoms with Gasteiger partial charge in [0.1, 0.15) is 11.5 Å². The molecule has 0 saturated carbocycles. The Bertz CT molecular complexity index is 814. The van der Waals surface area contributed by atoms with Crippen molar-refractivity contribution in [2.24, 2.45) is 0 Å². The number of nitro benzene ring substituents is 1. The van der Waals surface area contributed by atoms with E-state index >= 15 is 0 Å².